The molecule has 1 fully saturated rings. The molecule has 0 aliphatic carbocycles. The van der Waals surface area contributed by atoms with Gasteiger partial charge in [-0.25, -0.2) is 4.98 Å². The molecule has 6 nitrogen and oxygen atoms in total. The van der Waals surface area contributed by atoms with Crippen molar-refractivity contribution in [1.82, 2.24) is 19.9 Å². The molecular formula is C17H23N5OS. The van der Waals surface area contributed by atoms with Crippen LogP contribution in [0.5, 0.6) is 0 Å². The van der Waals surface area contributed by atoms with E-state index in [9.17, 15) is 4.79 Å². The van der Waals surface area contributed by atoms with Gasteiger partial charge in [0.05, 0.1) is 0 Å². The van der Waals surface area contributed by atoms with Crippen molar-refractivity contribution in [2.24, 2.45) is 0 Å². The Morgan fingerprint density at radius 3 is 2.92 bits per heavy atom. The quantitative estimate of drug-likeness (QED) is 0.843. The zero-order valence-corrected chi connectivity index (χ0v) is 15.0. The van der Waals surface area contributed by atoms with Crippen molar-refractivity contribution in [3.8, 4) is 0 Å². The molecule has 2 aromatic rings. The Labute approximate surface area is 145 Å². The lowest BCUT2D eigenvalue weighted by molar-refractivity contribution is 0.584. The van der Waals surface area contributed by atoms with Crippen molar-refractivity contribution in [1.29, 1.82) is 0 Å². The fourth-order valence-corrected chi connectivity index (χ4v) is 3.60. The summed E-state index contributed by atoms with van der Waals surface area (Å²) in [5.41, 5.74) is 0.935. The predicted octanol–water partition coefficient (Wildman–Crippen LogP) is 2.32. The maximum Gasteiger partial charge on any atom is 0.277 e. The SMILES string of the molecule is CC=CC(=CCCC)c1nn2c(=O)cc(N3CCNCC3)nc2s1. The van der Waals surface area contributed by atoms with E-state index in [4.69, 9.17) is 0 Å². The highest BCUT2D eigenvalue weighted by molar-refractivity contribution is 7.17. The average molecular weight is 345 g/mol. The first-order chi connectivity index (χ1) is 11.7. The zero-order valence-electron chi connectivity index (χ0n) is 14.2. The van der Waals surface area contributed by atoms with E-state index in [2.05, 4.69) is 33.3 Å². The Morgan fingerprint density at radius 2 is 2.21 bits per heavy atom. The Kier molecular flexibility index (Phi) is 5.42. The normalized spacial score (nSPS) is 16.4. The zero-order chi connectivity index (χ0) is 16.9. The number of aromatic nitrogens is 3. The molecule has 1 aliphatic rings. The van der Waals surface area contributed by atoms with E-state index in [1.165, 1.54) is 15.9 Å². The summed E-state index contributed by atoms with van der Waals surface area (Å²) in [6.45, 7) is 7.71. The van der Waals surface area contributed by atoms with Gasteiger partial charge in [0.2, 0.25) is 4.96 Å². The molecule has 0 amide bonds. The van der Waals surface area contributed by atoms with Gasteiger partial charge in [-0.05, 0) is 13.3 Å². The van der Waals surface area contributed by atoms with Crippen LogP contribution in [0.15, 0.2) is 29.1 Å². The van der Waals surface area contributed by atoms with Gasteiger partial charge >= 0.3 is 0 Å². The highest BCUT2D eigenvalue weighted by Crippen LogP contribution is 2.23. The smallest absolute Gasteiger partial charge is 0.277 e. The Balaban J connectivity index is 2.01. The molecule has 3 rings (SSSR count). The second-order valence-electron chi connectivity index (χ2n) is 5.74. The van der Waals surface area contributed by atoms with Gasteiger partial charge in [0.1, 0.15) is 10.8 Å². The van der Waals surface area contributed by atoms with Crippen LogP contribution in [0.1, 0.15) is 31.7 Å². The summed E-state index contributed by atoms with van der Waals surface area (Å²) >= 11 is 1.47. The van der Waals surface area contributed by atoms with Crippen LogP contribution in [-0.2, 0) is 0 Å². The Bertz CT molecular complexity index is 814. The van der Waals surface area contributed by atoms with Crippen LogP contribution in [0.2, 0.25) is 0 Å². The molecule has 0 atom stereocenters. The van der Waals surface area contributed by atoms with Gasteiger partial charge < -0.3 is 10.2 Å². The molecule has 0 saturated carbocycles. The lowest BCUT2D eigenvalue weighted by Crippen LogP contribution is -2.44. The van der Waals surface area contributed by atoms with E-state index in [1.807, 2.05) is 19.1 Å². The van der Waals surface area contributed by atoms with Gasteiger partial charge in [0.15, 0.2) is 0 Å². The summed E-state index contributed by atoms with van der Waals surface area (Å²) in [7, 11) is 0. The third-order valence-electron chi connectivity index (χ3n) is 3.92. The molecular weight excluding hydrogens is 322 g/mol. The van der Waals surface area contributed by atoms with Crippen molar-refractivity contribution in [2.45, 2.75) is 26.7 Å². The van der Waals surface area contributed by atoms with E-state index >= 15 is 0 Å². The fourth-order valence-electron chi connectivity index (χ4n) is 2.68. The maximum atomic E-state index is 12.4. The molecule has 7 heteroatoms. The average Bonchev–Trinajstić information content (AvgIpc) is 3.04. The summed E-state index contributed by atoms with van der Waals surface area (Å²) in [6.07, 6.45) is 8.27. The highest BCUT2D eigenvalue weighted by atomic mass is 32.1. The van der Waals surface area contributed by atoms with E-state index in [1.54, 1.807) is 6.07 Å². The molecule has 1 N–H and O–H groups in total. The van der Waals surface area contributed by atoms with Gasteiger partial charge in [-0.1, -0.05) is 42.9 Å². The number of nitrogens with one attached hydrogen (secondary N) is 1. The molecule has 1 aliphatic heterocycles. The van der Waals surface area contributed by atoms with Crippen molar-refractivity contribution in [3.63, 3.8) is 0 Å². The summed E-state index contributed by atoms with van der Waals surface area (Å²) in [5, 5.41) is 8.63. The molecule has 24 heavy (non-hydrogen) atoms. The number of anilines is 1. The number of rotatable bonds is 5. The van der Waals surface area contributed by atoms with Crippen LogP contribution in [0.3, 0.4) is 0 Å². The summed E-state index contributed by atoms with van der Waals surface area (Å²) < 4.78 is 1.41. The summed E-state index contributed by atoms with van der Waals surface area (Å²) in [6, 6.07) is 1.59. The van der Waals surface area contributed by atoms with Crippen LogP contribution >= 0.6 is 11.3 Å². The predicted molar refractivity (Wildman–Crippen MR) is 99.9 cm³/mol. The number of nitrogens with zero attached hydrogens (tertiary/aromatic N) is 4. The molecule has 0 radical (unpaired) electrons. The van der Waals surface area contributed by atoms with Gasteiger partial charge in [-0.2, -0.15) is 9.61 Å². The molecule has 0 spiro atoms. The number of allylic oxidation sites excluding steroid dienone is 4. The third-order valence-corrected chi connectivity index (χ3v) is 4.88. The van der Waals surface area contributed by atoms with Crippen molar-refractivity contribution >= 4 is 27.7 Å². The first-order valence-electron chi connectivity index (χ1n) is 8.42. The van der Waals surface area contributed by atoms with Gasteiger partial charge in [-0.15, -0.1) is 0 Å². The molecule has 128 valence electrons. The minimum Gasteiger partial charge on any atom is -0.354 e. The molecule has 0 unspecified atom stereocenters. The molecule has 1 saturated heterocycles. The number of hydrogen-bond acceptors (Lipinski definition) is 6. The first kappa shape index (κ1) is 16.9. The maximum absolute atomic E-state index is 12.4. The first-order valence-corrected chi connectivity index (χ1v) is 9.24. The lowest BCUT2D eigenvalue weighted by Gasteiger charge is -2.27. The van der Waals surface area contributed by atoms with Crippen LogP contribution in [0, 0.1) is 0 Å². The van der Waals surface area contributed by atoms with E-state index in [0.717, 1.165) is 55.4 Å². The van der Waals surface area contributed by atoms with Crippen molar-refractivity contribution < 1.29 is 0 Å². The topological polar surface area (TPSA) is 62.5 Å². The lowest BCUT2D eigenvalue weighted by atomic mass is 10.2. The van der Waals surface area contributed by atoms with Crippen LogP contribution < -0.4 is 15.8 Å². The monoisotopic (exact) mass is 345 g/mol. The second kappa shape index (κ2) is 7.72. The van der Waals surface area contributed by atoms with E-state index in [0.29, 0.717) is 4.96 Å². The van der Waals surface area contributed by atoms with Crippen molar-refractivity contribution in [3.05, 3.63) is 39.7 Å². The van der Waals surface area contributed by atoms with Gasteiger partial charge in [0, 0.05) is 37.8 Å². The van der Waals surface area contributed by atoms with Gasteiger partial charge in [-0.3, -0.25) is 4.79 Å². The Morgan fingerprint density at radius 1 is 1.42 bits per heavy atom. The largest absolute Gasteiger partial charge is 0.354 e. The van der Waals surface area contributed by atoms with Gasteiger partial charge in [0.25, 0.3) is 5.56 Å². The number of unbranched alkanes of at least 4 members (excludes halogenated alkanes) is 1. The fraction of sp³-hybridized carbons (Fsp3) is 0.471. The highest BCUT2D eigenvalue weighted by Gasteiger charge is 2.16. The van der Waals surface area contributed by atoms with Crippen LogP contribution in [0.25, 0.3) is 10.5 Å². The summed E-state index contributed by atoms with van der Waals surface area (Å²) in [5.74, 6) is 0.752. The number of piperazine rings is 1. The molecule has 0 bridgehead atoms. The Hall–Kier alpha value is -1.99. The summed E-state index contributed by atoms with van der Waals surface area (Å²) in [4.78, 5) is 19.9. The van der Waals surface area contributed by atoms with Crippen LogP contribution in [-0.4, -0.2) is 40.8 Å². The number of hydrogen-bond donors (Lipinski definition) is 1. The molecule has 2 aromatic heterocycles. The van der Waals surface area contributed by atoms with Crippen LogP contribution in [0.4, 0.5) is 5.82 Å². The van der Waals surface area contributed by atoms with E-state index in [-0.39, 0.29) is 5.56 Å². The minimum atomic E-state index is -0.119. The molecule has 0 aromatic carbocycles. The second-order valence-corrected chi connectivity index (χ2v) is 6.70. The van der Waals surface area contributed by atoms with Crippen molar-refractivity contribution in [2.75, 3.05) is 31.1 Å². The number of fused-ring (bicyclic) bond motifs is 1. The minimum absolute atomic E-state index is 0.119. The standard InChI is InChI=1S/C17H23N5OS/c1-3-5-7-13(6-4-2)16-20-22-15(23)12-14(19-17(22)24-16)21-10-8-18-9-11-21/h4,6-7,12,18H,3,5,8-11H2,1-2H3. The van der Waals surface area contributed by atoms with E-state index < -0.39 is 0 Å². The molecule has 3 heterocycles. The third kappa shape index (κ3) is 3.57.